The predicted octanol–water partition coefficient (Wildman–Crippen LogP) is 3.52. The number of amides is 2. The molecule has 0 fully saturated rings. The number of hydrazone groups is 1. The minimum atomic E-state index is -0.933. The Labute approximate surface area is 190 Å². The molecular weight excluding hydrogens is 426 g/mol. The summed E-state index contributed by atoms with van der Waals surface area (Å²) >= 11 is 0. The van der Waals surface area contributed by atoms with Crippen LogP contribution in [0.2, 0.25) is 0 Å². The molecule has 33 heavy (non-hydrogen) atoms. The van der Waals surface area contributed by atoms with Crippen LogP contribution in [0.5, 0.6) is 0 Å². The molecule has 0 aliphatic carbocycles. The molecule has 0 saturated heterocycles. The van der Waals surface area contributed by atoms with E-state index in [9.17, 15) is 19.7 Å². The number of ether oxygens (including phenoxy) is 1. The molecule has 2 aromatic carbocycles. The van der Waals surface area contributed by atoms with Crippen LogP contribution >= 0.6 is 0 Å². The summed E-state index contributed by atoms with van der Waals surface area (Å²) in [4.78, 5) is 38.4. The van der Waals surface area contributed by atoms with Gasteiger partial charge in [-0.1, -0.05) is 32.0 Å². The van der Waals surface area contributed by atoms with Crippen molar-refractivity contribution in [1.29, 1.82) is 0 Å². The molecule has 1 heterocycles. The fourth-order valence-corrected chi connectivity index (χ4v) is 3.09. The van der Waals surface area contributed by atoms with E-state index in [0.29, 0.717) is 5.56 Å². The first kappa shape index (κ1) is 23.5. The Hall–Kier alpha value is -4.21. The van der Waals surface area contributed by atoms with Gasteiger partial charge in [-0.2, -0.15) is 5.10 Å². The van der Waals surface area contributed by atoms with E-state index in [4.69, 9.17) is 4.74 Å². The van der Waals surface area contributed by atoms with Crippen LogP contribution in [0.15, 0.2) is 59.8 Å². The van der Waals surface area contributed by atoms with Gasteiger partial charge in [-0.15, -0.1) is 0 Å². The summed E-state index contributed by atoms with van der Waals surface area (Å²) in [6.45, 7) is 4.05. The molecule has 0 bridgehead atoms. The van der Waals surface area contributed by atoms with E-state index in [2.05, 4.69) is 20.8 Å². The van der Waals surface area contributed by atoms with Crippen LogP contribution < -0.4 is 10.7 Å². The van der Waals surface area contributed by atoms with Gasteiger partial charge in [0.25, 0.3) is 11.6 Å². The Morgan fingerprint density at radius 2 is 1.91 bits per heavy atom. The molecule has 2 amide bonds. The average molecular weight is 451 g/mol. The molecule has 3 N–H and O–H groups in total. The highest BCUT2D eigenvalue weighted by molar-refractivity contribution is 5.89. The molecule has 0 aliphatic heterocycles. The number of carbonyl (C=O) groups is 2. The molecule has 3 aromatic rings. The van der Waals surface area contributed by atoms with Gasteiger partial charge in [0.2, 0.25) is 0 Å². The quantitative estimate of drug-likeness (QED) is 0.259. The van der Waals surface area contributed by atoms with Crippen LogP contribution in [0.1, 0.15) is 25.0 Å². The van der Waals surface area contributed by atoms with Gasteiger partial charge in [0, 0.05) is 35.7 Å². The van der Waals surface area contributed by atoms with Crippen LogP contribution in [-0.4, -0.2) is 40.8 Å². The third-order valence-electron chi connectivity index (χ3n) is 4.75. The topological polar surface area (TPSA) is 139 Å². The predicted molar refractivity (Wildman–Crippen MR) is 124 cm³/mol. The largest absolute Gasteiger partial charge is 0.449 e. The van der Waals surface area contributed by atoms with Gasteiger partial charge in [0.1, 0.15) is 6.04 Å². The maximum absolute atomic E-state index is 12.8. The first-order chi connectivity index (χ1) is 15.8. The number of aromatic amines is 1. The van der Waals surface area contributed by atoms with Crippen LogP contribution in [0, 0.1) is 16.0 Å². The third kappa shape index (κ3) is 6.63. The van der Waals surface area contributed by atoms with E-state index in [-0.39, 0.29) is 24.6 Å². The van der Waals surface area contributed by atoms with Crippen LogP contribution in [0.4, 0.5) is 10.5 Å². The highest BCUT2D eigenvalue weighted by atomic mass is 16.6. The zero-order valence-electron chi connectivity index (χ0n) is 18.3. The smallest absolute Gasteiger partial charge is 0.407 e. The van der Waals surface area contributed by atoms with Gasteiger partial charge >= 0.3 is 6.09 Å². The Morgan fingerprint density at radius 3 is 2.61 bits per heavy atom. The van der Waals surface area contributed by atoms with Crippen LogP contribution in [0.25, 0.3) is 10.9 Å². The van der Waals surface area contributed by atoms with E-state index in [1.165, 1.54) is 30.5 Å². The maximum atomic E-state index is 12.8. The van der Waals surface area contributed by atoms with E-state index < -0.39 is 23.0 Å². The lowest BCUT2D eigenvalue weighted by atomic mass is 10.0. The summed E-state index contributed by atoms with van der Waals surface area (Å²) in [5, 5.41) is 18.2. The summed E-state index contributed by atoms with van der Waals surface area (Å²) in [5.41, 5.74) is 4.72. The van der Waals surface area contributed by atoms with Crippen molar-refractivity contribution >= 4 is 34.8 Å². The number of nitrogens with one attached hydrogen (secondary N) is 3. The molecule has 0 spiro atoms. The highest BCUT2D eigenvalue weighted by Crippen LogP contribution is 2.19. The second kappa shape index (κ2) is 10.9. The maximum Gasteiger partial charge on any atom is 0.407 e. The fraction of sp³-hybridized carbons (Fsp3) is 0.261. The van der Waals surface area contributed by atoms with Gasteiger partial charge in [0.05, 0.1) is 17.7 Å². The summed E-state index contributed by atoms with van der Waals surface area (Å²) in [7, 11) is 0. The van der Waals surface area contributed by atoms with Crippen molar-refractivity contribution in [2.24, 2.45) is 11.0 Å². The van der Waals surface area contributed by atoms with Crippen molar-refractivity contribution in [1.82, 2.24) is 15.7 Å². The molecule has 10 nitrogen and oxygen atoms in total. The first-order valence-electron chi connectivity index (χ1n) is 10.4. The second-order valence-electron chi connectivity index (χ2n) is 7.84. The zero-order valence-corrected chi connectivity index (χ0v) is 18.3. The number of nitro benzene ring substituents is 1. The van der Waals surface area contributed by atoms with Gasteiger partial charge < -0.3 is 15.0 Å². The molecule has 0 radical (unpaired) electrons. The molecule has 0 aliphatic rings. The number of hydrogen-bond donors (Lipinski definition) is 3. The van der Waals surface area contributed by atoms with Crippen molar-refractivity contribution < 1.29 is 19.2 Å². The molecule has 10 heteroatoms. The first-order valence-corrected chi connectivity index (χ1v) is 10.4. The van der Waals surface area contributed by atoms with Gasteiger partial charge in [0.15, 0.2) is 0 Å². The van der Waals surface area contributed by atoms with Gasteiger partial charge in [-0.05, 0) is 35.2 Å². The SMILES string of the molecule is CC(C)COC(=O)N[C@@H](Cc1c[nH]c2ccccc12)C(=O)N/N=C\c1ccc([N+](=O)[O-])cc1. The average Bonchev–Trinajstić information content (AvgIpc) is 3.20. The zero-order chi connectivity index (χ0) is 23.8. The molecule has 172 valence electrons. The fourth-order valence-electron chi connectivity index (χ4n) is 3.09. The number of fused-ring (bicyclic) bond motifs is 1. The lowest BCUT2D eigenvalue weighted by Crippen LogP contribution is -2.47. The number of benzene rings is 2. The van der Waals surface area contributed by atoms with Crippen molar-refractivity contribution in [3.05, 3.63) is 76.0 Å². The second-order valence-corrected chi connectivity index (χ2v) is 7.84. The number of nitro groups is 1. The summed E-state index contributed by atoms with van der Waals surface area (Å²) < 4.78 is 5.16. The molecule has 1 aromatic heterocycles. The lowest BCUT2D eigenvalue weighted by molar-refractivity contribution is -0.384. The number of hydrogen-bond acceptors (Lipinski definition) is 6. The van der Waals surface area contributed by atoms with E-state index in [1.807, 2.05) is 38.1 Å². The highest BCUT2D eigenvalue weighted by Gasteiger charge is 2.23. The van der Waals surface area contributed by atoms with Crippen molar-refractivity contribution in [2.75, 3.05) is 6.61 Å². The van der Waals surface area contributed by atoms with Crippen molar-refractivity contribution in [3.8, 4) is 0 Å². The van der Waals surface area contributed by atoms with Gasteiger partial charge in [-0.3, -0.25) is 14.9 Å². The van der Waals surface area contributed by atoms with E-state index >= 15 is 0 Å². The Bertz CT molecular complexity index is 1150. The Balaban J connectivity index is 1.70. The Morgan fingerprint density at radius 1 is 1.18 bits per heavy atom. The Kier molecular flexibility index (Phi) is 7.74. The number of carbonyl (C=O) groups excluding carboxylic acids is 2. The molecule has 0 unspecified atom stereocenters. The third-order valence-corrected chi connectivity index (χ3v) is 4.75. The summed E-state index contributed by atoms with van der Waals surface area (Å²) in [5.74, 6) is -0.372. The monoisotopic (exact) mass is 451 g/mol. The summed E-state index contributed by atoms with van der Waals surface area (Å²) in [6, 6.07) is 12.4. The van der Waals surface area contributed by atoms with Crippen molar-refractivity contribution in [2.45, 2.75) is 26.3 Å². The van der Waals surface area contributed by atoms with E-state index in [0.717, 1.165) is 16.5 Å². The number of alkyl carbamates (subject to hydrolysis) is 1. The number of aromatic nitrogens is 1. The molecular formula is C23H25N5O5. The number of H-pyrrole nitrogens is 1. The van der Waals surface area contributed by atoms with Crippen LogP contribution in [-0.2, 0) is 16.0 Å². The summed E-state index contributed by atoms with van der Waals surface area (Å²) in [6.07, 6.45) is 2.69. The van der Waals surface area contributed by atoms with Crippen LogP contribution in [0.3, 0.4) is 0 Å². The lowest BCUT2D eigenvalue weighted by Gasteiger charge is -2.17. The number of rotatable bonds is 9. The minimum absolute atomic E-state index is 0.0425. The van der Waals surface area contributed by atoms with Gasteiger partial charge in [-0.25, -0.2) is 10.2 Å². The number of nitrogens with zero attached hydrogens (tertiary/aromatic N) is 2. The minimum Gasteiger partial charge on any atom is -0.449 e. The number of para-hydroxylation sites is 1. The van der Waals surface area contributed by atoms with E-state index in [1.54, 1.807) is 6.20 Å². The molecule has 0 saturated carbocycles. The van der Waals surface area contributed by atoms with Crippen molar-refractivity contribution in [3.63, 3.8) is 0 Å². The standard InChI is InChI=1S/C23H25N5O5/c1-15(2)14-33-23(30)26-21(11-17-13-24-20-6-4-3-5-19(17)20)22(29)27-25-12-16-7-9-18(10-8-16)28(31)32/h3-10,12-13,15,21,24H,11,14H2,1-2H3,(H,26,30)(H,27,29)/b25-12-/t21-/m0/s1. The normalized spacial score (nSPS) is 12.1. The number of non-ortho nitro benzene ring substituents is 1. The molecule has 3 rings (SSSR count). The molecule has 1 atom stereocenters.